The predicted octanol–water partition coefficient (Wildman–Crippen LogP) is 3.06. The molecule has 0 aliphatic carbocycles. The van der Waals surface area contributed by atoms with Gasteiger partial charge in [-0.3, -0.25) is 14.4 Å². The molecule has 1 N–H and O–H groups in total. The van der Waals surface area contributed by atoms with Crippen molar-refractivity contribution < 1.29 is 24.2 Å². The Morgan fingerprint density at radius 3 is 2.76 bits per heavy atom. The maximum atomic E-state index is 14.2. The molecule has 9 heteroatoms. The van der Waals surface area contributed by atoms with Gasteiger partial charge in [-0.2, -0.15) is 0 Å². The second-order valence-corrected chi connectivity index (χ2v) is 10.8. The second-order valence-electron chi connectivity index (χ2n) is 8.77. The number of carbonyl (C=O) groups excluding carboxylic acids is 3. The fourth-order valence-electron chi connectivity index (χ4n) is 5.67. The Labute approximate surface area is 208 Å². The van der Waals surface area contributed by atoms with Crippen LogP contribution in [0.4, 0.5) is 5.69 Å². The van der Waals surface area contributed by atoms with Crippen molar-refractivity contribution in [2.45, 2.75) is 35.3 Å². The van der Waals surface area contributed by atoms with E-state index in [-0.39, 0.29) is 43.4 Å². The molecule has 3 fully saturated rings. The summed E-state index contributed by atoms with van der Waals surface area (Å²) >= 11 is 8.01. The number of rotatable bonds is 10. The van der Waals surface area contributed by atoms with Crippen molar-refractivity contribution in [1.29, 1.82) is 0 Å². The first kappa shape index (κ1) is 24.8. The molecular weight excluding hydrogens is 476 g/mol. The molecule has 1 spiro atoms. The molecule has 2 unspecified atom stereocenters. The molecule has 0 saturated carbocycles. The van der Waals surface area contributed by atoms with Crippen molar-refractivity contribution in [2.75, 3.05) is 31.2 Å². The van der Waals surface area contributed by atoms with Crippen LogP contribution in [0.3, 0.4) is 0 Å². The van der Waals surface area contributed by atoms with Crippen LogP contribution in [0.15, 0.2) is 49.6 Å². The van der Waals surface area contributed by atoms with E-state index >= 15 is 0 Å². The number of para-hydroxylation sites is 1. The van der Waals surface area contributed by atoms with Crippen molar-refractivity contribution in [2.24, 2.45) is 11.8 Å². The van der Waals surface area contributed by atoms with Gasteiger partial charge in [0.25, 0.3) is 5.91 Å². The summed E-state index contributed by atoms with van der Waals surface area (Å²) in [4.78, 5) is 44.0. The van der Waals surface area contributed by atoms with E-state index in [1.807, 2.05) is 0 Å². The second kappa shape index (κ2) is 10.1. The van der Waals surface area contributed by atoms with Gasteiger partial charge in [-0.15, -0.1) is 18.3 Å². The van der Waals surface area contributed by atoms with Crippen LogP contribution < -0.4 is 4.90 Å². The topological polar surface area (TPSA) is 87.2 Å². The van der Waals surface area contributed by atoms with Gasteiger partial charge in [0, 0.05) is 24.9 Å². The average Bonchev–Trinajstić information content (AvgIpc) is 3.47. The Kier molecular flexibility index (Phi) is 7.40. The highest BCUT2D eigenvalue weighted by molar-refractivity contribution is 8.02. The fourth-order valence-corrected chi connectivity index (χ4v) is 8.11. The van der Waals surface area contributed by atoms with Crippen LogP contribution in [0, 0.1) is 11.8 Å². The zero-order chi connectivity index (χ0) is 24.5. The summed E-state index contributed by atoms with van der Waals surface area (Å²) < 4.78 is 4.63. The summed E-state index contributed by atoms with van der Waals surface area (Å²) in [5.74, 6) is -2.14. The Bertz CT molecular complexity index is 1000. The van der Waals surface area contributed by atoms with Gasteiger partial charge in [0.2, 0.25) is 5.91 Å². The number of esters is 1. The van der Waals surface area contributed by atoms with Crippen LogP contribution in [0.1, 0.15) is 19.3 Å². The van der Waals surface area contributed by atoms with E-state index in [2.05, 4.69) is 13.2 Å². The molecular formula is C25H29ClN2O5S. The Morgan fingerprint density at radius 2 is 2.09 bits per heavy atom. The van der Waals surface area contributed by atoms with Crippen LogP contribution >= 0.6 is 23.4 Å². The summed E-state index contributed by atoms with van der Waals surface area (Å²) in [5, 5.41) is 9.81. The monoisotopic (exact) mass is 504 g/mol. The summed E-state index contributed by atoms with van der Waals surface area (Å²) in [6.07, 6.45) is 4.85. The molecule has 1 aromatic carbocycles. The van der Waals surface area contributed by atoms with Crippen molar-refractivity contribution in [3.8, 4) is 0 Å². The number of thioether (sulfide) groups is 1. The number of amides is 2. The number of anilines is 1. The quantitative estimate of drug-likeness (QED) is 0.389. The maximum absolute atomic E-state index is 14.2. The first-order valence-corrected chi connectivity index (χ1v) is 12.7. The molecule has 3 saturated heterocycles. The Balaban J connectivity index is 1.75. The Hall–Kier alpha value is -2.29. The number of likely N-dealkylation sites (tertiary alicyclic amines) is 1. The lowest BCUT2D eigenvalue weighted by molar-refractivity contribution is -0.153. The minimum atomic E-state index is -0.778. The highest BCUT2D eigenvalue weighted by atomic mass is 35.5. The molecule has 4 rings (SSSR count). The number of ether oxygens (including phenoxy) is 1. The summed E-state index contributed by atoms with van der Waals surface area (Å²) in [6.45, 7) is 7.82. The molecule has 34 heavy (non-hydrogen) atoms. The number of carbonyl (C=O) groups is 3. The number of aliphatic hydroxyl groups is 1. The Morgan fingerprint density at radius 1 is 1.32 bits per heavy atom. The lowest BCUT2D eigenvalue weighted by atomic mass is 9.71. The van der Waals surface area contributed by atoms with E-state index in [0.29, 0.717) is 23.6 Å². The van der Waals surface area contributed by atoms with E-state index in [1.54, 1.807) is 51.9 Å². The number of halogens is 1. The number of fused-ring (bicyclic) bond motifs is 1. The van der Waals surface area contributed by atoms with Crippen molar-refractivity contribution in [1.82, 2.24) is 4.90 Å². The number of benzene rings is 1. The van der Waals surface area contributed by atoms with E-state index in [1.165, 1.54) is 6.08 Å². The van der Waals surface area contributed by atoms with E-state index in [0.717, 1.165) is 6.42 Å². The normalized spacial score (nSPS) is 29.1. The maximum Gasteiger partial charge on any atom is 0.311 e. The largest absolute Gasteiger partial charge is 0.461 e. The lowest BCUT2D eigenvalue weighted by Crippen LogP contribution is -2.55. The van der Waals surface area contributed by atoms with Crippen LogP contribution in [-0.4, -0.2) is 70.1 Å². The first-order valence-electron chi connectivity index (χ1n) is 11.4. The highest BCUT2D eigenvalue weighted by Gasteiger charge is 2.74. The minimum absolute atomic E-state index is 0.0743. The standard InChI is InChI=1S/C25H29ClN2O5S/c1-3-12-27(17-9-6-5-8-16(17)26)23(31)21-25-11-10-18(34-25)19(24(32)33-15-4-2)20(25)22(30)28(21)13-7-14-29/h3-6,8-9,18-21,29H,1-2,7,10-15H2/t18-,19+,20-,21?,25?/m0/s1. The third-order valence-electron chi connectivity index (χ3n) is 6.93. The van der Waals surface area contributed by atoms with Gasteiger partial charge in [0.1, 0.15) is 12.6 Å². The van der Waals surface area contributed by atoms with Crippen LogP contribution in [0.2, 0.25) is 5.02 Å². The predicted molar refractivity (Wildman–Crippen MR) is 133 cm³/mol. The molecule has 2 amide bonds. The first-order chi connectivity index (χ1) is 16.4. The number of aliphatic hydroxyl groups excluding tert-OH is 1. The lowest BCUT2D eigenvalue weighted by Gasteiger charge is -2.37. The summed E-state index contributed by atoms with van der Waals surface area (Å²) in [7, 11) is 0. The molecule has 0 radical (unpaired) electrons. The van der Waals surface area contributed by atoms with Crippen LogP contribution in [0.25, 0.3) is 0 Å². The molecule has 2 bridgehead atoms. The van der Waals surface area contributed by atoms with Crippen molar-refractivity contribution >= 4 is 46.8 Å². The molecule has 1 aromatic rings. The van der Waals surface area contributed by atoms with Gasteiger partial charge in [-0.1, -0.05) is 42.5 Å². The van der Waals surface area contributed by atoms with Crippen molar-refractivity contribution in [3.63, 3.8) is 0 Å². The third-order valence-corrected chi connectivity index (χ3v) is 9.20. The van der Waals surface area contributed by atoms with Gasteiger partial charge < -0.3 is 19.6 Å². The molecule has 3 aliphatic rings. The molecule has 5 atom stereocenters. The van der Waals surface area contributed by atoms with Crippen LogP contribution in [0.5, 0.6) is 0 Å². The molecule has 182 valence electrons. The van der Waals surface area contributed by atoms with Gasteiger partial charge in [0.15, 0.2) is 0 Å². The van der Waals surface area contributed by atoms with Gasteiger partial charge in [0.05, 0.1) is 27.3 Å². The van der Waals surface area contributed by atoms with E-state index in [4.69, 9.17) is 16.3 Å². The number of nitrogens with zero attached hydrogens (tertiary/aromatic N) is 2. The molecule has 3 aliphatic heterocycles. The fraction of sp³-hybridized carbons (Fsp3) is 0.480. The SMILES string of the molecule is C=CCOC(=O)[C@@H]1[C@@H]2CCC3(S2)C(C(=O)N(CC=C)c2ccccc2Cl)N(CCCO)C(=O)[C@H]13. The number of hydrogen-bond donors (Lipinski definition) is 1. The average molecular weight is 505 g/mol. The zero-order valence-electron chi connectivity index (χ0n) is 18.9. The summed E-state index contributed by atoms with van der Waals surface area (Å²) in [5.41, 5.74) is 0.544. The smallest absolute Gasteiger partial charge is 0.311 e. The van der Waals surface area contributed by atoms with Crippen molar-refractivity contribution in [3.05, 3.63) is 54.6 Å². The van der Waals surface area contributed by atoms with Gasteiger partial charge >= 0.3 is 5.97 Å². The zero-order valence-corrected chi connectivity index (χ0v) is 20.5. The van der Waals surface area contributed by atoms with E-state index < -0.39 is 28.6 Å². The number of hydrogen-bond acceptors (Lipinski definition) is 6. The summed E-state index contributed by atoms with van der Waals surface area (Å²) in [6, 6.07) is 6.29. The van der Waals surface area contributed by atoms with Gasteiger partial charge in [-0.05, 0) is 31.4 Å². The third kappa shape index (κ3) is 3.95. The minimum Gasteiger partial charge on any atom is -0.461 e. The highest BCUT2D eigenvalue weighted by Crippen LogP contribution is 2.66. The molecule has 7 nitrogen and oxygen atoms in total. The molecule has 0 aromatic heterocycles. The van der Waals surface area contributed by atoms with E-state index in [9.17, 15) is 19.5 Å². The van der Waals surface area contributed by atoms with Crippen LogP contribution in [-0.2, 0) is 19.1 Å². The molecule has 3 heterocycles. The van der Waals surface area contributed by atoms with Gasteiger partial charge in [-0.25, -0.2) is 0 Å².